The fourth-order valence-corrected chi connectivity index (χ4v) is 2.04. The maximum Gasteiger partial charge on any atom is 0.247 e. The van der Waals surface area contributed by atoms with Crippen LogP contribution < -0.4 is 5.32 Å². The molecule has 0 fully saturated rings. The Labute approximate surface area is 66.7 Å². The molecule has 0 saturated carbocycles. The first-order valence-corrected chi connectivity index (χ1v) is 4.32. The molecular formula is C9H13NO. The van der Waals surface area contributed by atoms with Gasteiger partial charge in [-0.25, -0.2) is 0 Å². The van der Waals surface area contributed by atoms with Crippen LogP contribution in [0.15, 0.2) is 11.1 Å². The van der Waals surface area contributed by atoms with E-state index in [1.165, 1.54) is 18.4 Å². The van der Waals surface area contributed by atoms with E-state index in [2.05, 4.69) is 12.2 Å². The third-order valence-electron chi connectivity index (χ3n) is 2.65. The van der Waals surface area contributed by atoms with Crippen LogP contribution in [0.5, 0.6) is 0 Å². The van der Waals surface area contributed by atoms with Gasteiger partial charge in [-0.3, -0.25) is 4.79 Å². The summed E-state index contributed by atoms with van der Waals surface area (Å²) in [5, 5.41) is 2.95. The SMILES string of the molecule is CC1NC(=O)C2=C1CCCC2. The molecular weight excluding hydrogens is 138 g/mol. The van der Waals surface area contributed by atoms with Crippen molar-refractivity contribution >= 4 is 5.91 Å². The first kappa shape index (κ1) is 6.89. The second-order valence-corrected chi connectivity index (χ2v) is 3.41. The Morgan fingerprint density at radius 1 is 1.36 bits per heavy atom. The molecule has 11 heavy (non-hydrogen) atoms. The topological polar surface area (TPSA) is 29.1 Å². The van der Waals surface area contributed by atoms with Gasteiger partial charge in [0.2, 0.25) is 5.91 Å². The minimum atomic E-state index is 0.187. The maximum absolute atomic E-state index is 11.2. The molecule has 0 aromatic rings. The van der Waals surface area contributed by atoms with Crippen LogP contribution in [0.2, 0.25) is 0 Å². The van der Waals surface area contributed by atoms with Crippen molar-refractivity contribution < 1.29 is 4.79 Å². The zero-order valence-electron chi connectivity index (χ0n) is 6.81. The molecule has 1 unspecified atom stereocenters. The molecule has 2 nitrogen and oxygen atoms in total. The zero-order valence-corrected chi connectivity index (χ0v) is 6.81. The highest BCUT2D eigenvalue weighted by molar-refractivity contribution is 5.97. The second kappa shape index (κ2) is 2.36. The molecule has 2 rings (SSSR count). The standard InChI is InChI=1S/C9H13NO/c1-6-7-4-2-3-5-8(7)9(11)10-6/h6H,2-5H2,1H3,(H,10,11). The largest absolute Gasteiger partial charge is 0.346 e. The zero-order chi connectivity index (χ0) is 7.84. The lowest BCUT2D eigenvalue weighted by atomic mass is 9.91. The van der Waals surface area contributed by atoms with Crippen molar-refractivity contribution in [2.24, 2.45) is 0 Å². The van der Waals surface area contributed by atoms with Crippen LogP contribution in [0.25, 0.3) is 0 Å². The third kappa shape index (κ3) is 0.971. The van der Waals surface area contributed by atoms with Crippen LogP contribution in [-0.4, -0.2) is 11.9 Å². The smallest absolute Gasteiger partial charge is 0.247 e. The van der Waals surface area contributed by atoms with E-state index in [0.29, 0.717) is 6.04 Å². The minimum absolute atomic E-state index is 0.187. The van der Waals surface area contributed by atoms with Crippen molar-refractivity contribution in [3.63, 3.8) is 0 Å². The van der Waals surface area contributed by atoms with Crippen molar-refractivity contribution in [1.29, 1.82) is 0 Å². The van der Waals surface area contributed by atoms with Crippen molar-refractivity contribution in [2.45, 2.75) is 38.6 Å². The first-order valence-electron chi connectivity index (χ1n) is 4.32. The lowest BCUT2D eigenvalue weighted by Gasteiger charge is -2.13. The Kier molecular flexibility index (Phi) is 1.48. The number of nitrogens with one attached hydrogen (secondary N) is 1. The summed E-state index contributed by atoms with van der Waals surface area (Å²) in [4.78, 5) is 11.2. The third-order valence-corrected chi connectivity index (χ3v) is 2.65. The van der Waals surface area contributed by atoms with Gasteiger partial charge in [0.05, 0.1) is 0 Å². The van der Waals surface area contributed by atoms with Gasteiger partial charge in [-0.05, 0) is 38.2 Å². The molecule has 1 N–H and O–H groups in total. The van der Waals surface area contributed by atoms with Gasteiger partial charge in [0.25, 0.3) is 0 Å². The molecule has 0 aromatic heterocycles. The average molecular weight is 151 g/mol. The normalized spacial score (nSPS) is 30.3. The second-order valence-electron chi connectivity index (χ2n) is 3.41. The van der Waals surface area contributed by atoms with Crippen LogP contribution >= 0.6 is 0 Å². The van der Waals surface area contributed by atoms with Crippen LogP contribution in [0.4, 0.5) is 0 Å². The van der Waals surface area contributed by atoms with E-state index in [4.69, 9.17) is 0 Å². The van der Waals surface area contributed by atoms with Gasteiger partial charge in [0, 0.05) is 11.6 Å². The number of carbonyl (C=O) groups is 1. The lowest BCUT2D eigenvalue weighted by Crippen LogP contribution is -2.25. The van der Waals surface area contributed by atoms with E-state index >= 15 is 0 Å². The van der Waals surface area contributed by atoms with Gasteiger partial charge in [-0.15, -0.1) is 0 Å². The fraction of sp³-hybridized carbons (Fsp3) is 0.667. The van der Waals surface area contributed by atoms with Gasteiger partial charge in [0.1, 0.15) is 0 Å². The summed E-state index contributed by atoms with van der Waals surface area (Å²) in [5.74, 6) is 0.187. The van der Waals surface area contributed by atoms with Gasteiger partial charge >= 0.3 is 0 Å². The summed E-state index contributed by atoms with van der Waals surface area (Å²) < 4.78 is 0. The van der Waals surface area contributed by atoms with Gasteiger partial charge in [0.15, 0.2) is 0 Å². The minimum Gasteiger partial charge on any atom is -0.346 e. The molecule has 1 amide bonds. The van der Waals surface area contributed by atoms with Crippen LogP contribution in [0, 0.1) is 0 Å². The number of amides is 1. The van der Waals surface area contributed by atoms with E-state index in [1.54, 1.807) is 0 Å². The predicted octanol–water partition coefficient (Wildman–Crippen LogP) is 1.38. The Hall–Kier alpha value is -0.790. The highest BCUT2D eigenvalue weighted by Gasteiger charge is 2.29. The summed E-state index contributed by atoms with van der Waals surface area (Å²) in [6.45, 7) is 2.07. The molecule has 1 atom stereocenters. The summed E-state index contributed by atoms with van der Waals surface area (Å²) in [6, 6.07) is 0.317. The Morgan fingerprint density at radius 3 is 2.82 bits per heavy atom. The number of hydrogen-bond acceptors (Lipinski definition) is 1. The lowest BCUT2D eigenvalue weighted by molar-refractivity contribution is -0.117. The van der Waals surface area contributed by atoms with Crippen molar-refractivity contribution in [3.05, 3.63) is 11.1 Å². The number of carbonyl (C=O) groups excluding carboxylic acids is 1. The summed E-state index contributed by atoms with van der Waals surface area (Å²) in [5.41, 5.74) is 2.46. The van der Waals surface area contributed by atoms with E-state index in [1.807, 2.05) is 0 Å². The molecule has 0 radical (unpaired) electrons. The average Bonchev–Trinajstić information content (AvgIpc) is 2.30. The van der Waals surface area contributed by atoms with E-state index < -0.39 is 0 Å². The molecule has 0 spiro atoms. The van der Waals surface area contributed by atoms with Gasteiger partial charge in [-0.1, -0.05) is 0 Å². The molecule has 2 aliphatic rings. The monoisotopic (exact) mass is 151 g/mol. The van der Waals surface area contributed by atoms with E-state index in [9.17, 15) is 4.79 Å². The predicted molar refractivity (Wildman–Crippen MR) is 43.1 cm³/mol. The highest BCUT2D eigenvalue weighted by Crippen LogP contribution is 2.30. The summed E-state index contributed by atoms with van der Waals surface area (Å²) >= 11 is 0. The van der Waals surface area contributed by atoms with Gasteiger partial charge < -0.3 is 5.32 Å². The molecule has 0 aromatic carbocycles. The van der Waals surface area contributed by atoms with Crippen molar-refractivity contribution in [1.82, 2.24) is 5.32 Å². The van der Waals surface area contributed by atoms with Gasteiger partial charge in [-0.2, -0.15) is 0 Å². The van der Waals surface area contributed by atoms with Crippen LogP contribution in [0.1, 0.15) is 32.6 Å². The molecule has 0 saturated heterocycles. The Morgan fingerprint density at radius 2 is 2.09 bits per heavy atom. The summed E-state index contributed by atoms with van der Waals surface area (Å²) in [6.07, 6.45) is 4.60. The quantitative estimate of drug-likeness (QED) is 0.556. The first-order chi connectivity index (χ1) is 5.29. The molecule has 1 heterocycles. The molecule has 0 bridgehead atoms. The maximum atomic E-state index is 11.2. The summed E-state index contributed by atoms with van der Waals surface area (Å²) in [7, 11) is 0. The van der Waals surface area contributed by atoms with E-state index in [-0.39, 0.29) is 5.91 Å². The highest BCUT2D eigenvalue weighted by atomic mass is 16.2. The molecule has 60 valence electrons. The van der Waals surface area contributed by atoms with Crippen molar-refractivity contribution in [3.8, 4) is 0 Å². The van der Waals surface area contributed by atoms with E-state index in [0.717, 1.165) is 18.4 Å². The number of rotatable bonds is 0. The van der Waals surface area contributed by atoms with Crippen LogP contribution in [-0.2, 0) is 4.79 Å². The van der Waals surface area contributed by atoms with Crippen LogP contribution in [0.3, 0.4) is 0 Å². The Balaban J connectivity index is 2.32. The molecule has 1 aliphatic heterocycles. The van der Waals surface area contributed by atoms with Crippen molar-refractivity contribution in [2.75, 3.05) is 0 Å². The molecule has 2 heteroatoms. The Bertz CT molecular complexity index is 230. The fourth-order valence-electron chi connectivity index (χ4n) is 2.04. The molecule has 1 aliphatic carbocycles. The number of hydrogen-bond donors (Lipinski definition) is 1.